The summed E-state index contributed by atoms with van der Waals surface area (Å²) in [6.45, 7) is 0. The van der Waals surface area contributed by atoms with Gasteiger partial charge >= 0.3 is 0 Å². The lowest BCUT2D eigenvalue weighted by Gasteiger charge is -2.12. The van der Waals surface area contributed by atoms with E-state index in [0.29, 0.717) is 17.4 Å². The maximum Gasteiger partial charge on any atom is 0.122 e. The topological polar surface area (TPSA) is 29.5 Å². The van der Waals surface area contributed by atoms with E-state index in [1.807, 2.05) is 12.1 Å². The summed E-state index contributed by atoms with van der Waals surface area (Å²) in [4.78, 5) is 0. The van der Waals surface area contributed by atoms with E-state index in [2.05, 4.69) is 6.42 Å². The van der Waals surface area contributed by atoms with E-state index in [4.69, 9.17) is 4.74 Å². The normalized spacial score (nSPS) is 17.2. The largest absolute Gasteiger partial charge is 0.508 e. The van der Waals surface area contributed by atoms with Crippen LogP contribution < -0.4 is 4.74 Å². The highest BCUT2D eigenvalue weighted by atomic mass is 16.5. The number of phenols is 1. The zero-order valence-electron chi connectivity index (χ0n) is 8.36. The van der Waals surface area contributed by atoms with Gasteiger partial charge in [0.15, 0.2) is 0 Å². The molecule has 2 rings (SSSR count). The zero-order valence-corrected chi connectivity index (χ0v) is 8.36. The number of methoxy groups -OCH3 is 1. The average Bonchev–Trinajstić information content (AvgIpc) is 2.70. The molecule has 0 bridgehead atoms. The summed E-state index contributed by atoms with van der Waals surface area (Å²) in [5.41, 5.74) is 1.03. The minimum atomic E-state index is 0.354. The first-order valence-corrected chi connectivity index (χ1v) is 5.01. The van der Waals surface area contributed by atoms with Crippen molar-refractivity contribution in [3.63, 3.8) is 0 Å². The third-order valence-electron chi connectivity index (χ3n) is 2.81. The van der Waals surface area contributed by atoms with Gasteiger partial charge in [0.1, 0.15) is 11.5 Å². The van der Waals surface area contributed by atoms with E-state index in [0.717, 1.165) is 18.4 Å². The molecule has 1 saturated carbocycles. The van der Waals surface area contributed by atoms with Gasteiger partial charge in [0, 0.05) is 6.07 Å². The van der Waals surface area contributed by atoms with Gasteiger partial charge < -0.3 is 9.84 Å². The molecular weight excluding hydrogens is 176 g/mol. The van der Waals surface area contributed by atoms with Crippen molar-refractivity contribution in [2.24, 2.45) is 0 Å². The van der Waals surface area contributed by atoms with Crippen LogP contribution in [0.3, 0.4) is 0 Å². The Kier molecular flexibility index (Phi) is 2.62. The quantitative estimate of drug-likeness (QED) is 0.778. The van der Waals surface area contributed by atoms with Crippen molar-refractivity contribution in [1.82, 2.24) is 0 Å². The number of rotatable bonds is 2. The molecule has 0 amide bonds. The number of ether oxygens (including phenoxy) is 1. The molecule has 14 heavy (non-hydrogen) atoms. The predicted octanol–water partition coefficient (Wildman–Crippen LogP) is 2.87. The molecule has 1 radical (unpaired) electrons. The second-order valence-corrected chi connectivity index (χ2v) is 3.70. The lowest BCUT2D eigenvalue weighted by atomic mass is 9.97. The van der Waals surface area contributed by atoms with Crippen LogP contribution in [0.4, 0.5) is 0 Å². The molecule has 1 aliphatic rings. The van der Waals surface area contributed by atoms with Crippen molar-refractivity contribution in [3.05, 3.63) is 30.2 Å². The van der Waals surface area contributed by atoms with Gasteiger partial charge in [-0.1, -0.05) is 12.5 Å². The smallest absolute Gasteiger partial charge is 0.122 e. The molecule has 1 unspecified atom stereocenters. The van der Waals surface area contributed by atoms with Crippen molar-refractivity contribution in [1.29, 1.82) is 0 Å². The van der Waals surface area contributed by atoms with Gasteiger partial charge in [0.25, 0.3) is 0 Å². The van der Waals surface area contributed by atoms with Gasteiger partial charge in [-0.15, -0.1) is 0 Å². The highest BCUT2D eigenvalue weighted by molar-refractivity contribution is 5.43. The molecule has 1 atom stereocenters. The van der Waals surface area contributed by atoms with Crippen LogP contribution >= 0.6 is 0 Å². The fourth-order valence-electron chi connectivity index (χ4n) is 2.02. The minimum absolute atomic E-state index is 0.354. The van der Waals surface area contributed by atoms with E-state index in [9.17, 15) is 5.11 Å². The molecule has 0 spiro atoms. The molecule has 1 aromatic carbocycles. The number of hydrogen-bond donors (Lipinski definition) is 1. The Bertz CT molecular complexity index is 314. The Labute approximate surface area is 84.5 Å². The van der Waals surface area contributed by atoms with Gasteiger partial charge in [-0.2, -0.15) is 0 Å². The number of benzene rings is 1. The molecule has 0 aliphatic heterocycles. The maximum absolute atomic E-state index is 9.78. The average molecular weight is 191 g/mol. The van der Waals surface area contributed by atoms with Crippen LogP contribution in [0.25, 0.3) is 0 Å². The molecule has 1 N–H and O–H groups in total. The highest BCUT2D eigenvalue weighted by Crippen LogP contribution is 2.38. The monoisotopic (exact) mass is 191 g/mol. The van der Waals surface area contributed by atoms with Crippen LogP contribution in [0.15, 0.2) is 18.2 Å². The Morgan fingerprint density at radius 2 is 2.29 bits per heavy atom. The summed E-state index contributed by atoms with van der Waals surface area (Å²) in [6, 6.07) is 5.54. The van der Waals surface area contributed by atoms with E-state index in [1.165, 1.54) is 6.42 Å². The Morgan fingerprint density at radius 3 is 2.86 bits per heavy atom. The summed E-state index contributed by atoms with van der Waals surface area (Å²) in [7, 11) is 1.61. The van der Waals surface area contributed by atoms with E-state index >= 15 is 0 Å². The van der Waals surface area contributed by atoms with Crippen LogP contribution in [0, 0.1) is 6.42 Å². The Morgan fingerprint density at radius 1 is 1.43 bits per heavy atom. The van der Waals surface area contributed by atoms with Crippen LogP contribution in [0.5, 0.6) is 11.5 Å². The molecule has 1 aromatic rings. The van der Waals surface area contributed by atoms with Crippen molar-refractivity contribution in [3.8, 4) is 11.5 Å². The third-order valence-corrected chi connectivity index (χ3v) is 2.81. The van der Waals surface area contributed by atoms with Crippen LogP contribution in [-0.2, 0) is 0 Å². The minimum Gasteiger partial charge on any atom is -0.508 e. The SMILES string of the molecule is COc1ccc(C2[CH]CCC2)c(O)c1. The van der Waals surface area contributed by atoms with Crippen LogP contribution in [0.2, 0.25) is 0 Å². The fourth-order valence-corrected chi connectivity index (χ4v) is 2.02. The van der Waals surface area contributed by atoms with E-state index in [1.54, 1.807) is 13.2 Å². The Hall–Kier alpha value is -1.18. The number of aromatic hydroxyl groups is 1. The fraction of sp³-hybridized carbons (Fsp3) is 0.417. The summed E-state index contributed by atoms with van der Waals surface area (Å²) in [5, 5.41) is 9.78. The number of phenolic OH excluding ortho intramolecular Hbond substituents is 1. The maximum atomic E-state index is 9.78. The molecule has 2 heteroatoms. The second-order valence-electron chi connectivity index (χ2n) is 3.70. The lowest BCUT2D eigenvalue weighted by Crippen LogP contribution is -1.93. The molecular formula is C12H15O2. The van der Waals surface area contributed by atoms with Crippen molar-refractivity contribution in [2.45, 2.75) is 25.2 Å². The lowest BCUT2D eigenvalue weighted by molar-refractivity contribution is 0.406. The third kappa shape index (κ3) is 1.69. The zero-order chi connectivity index (χ0) is 9.97. The van der Waals surface area contributed by atoms with E-state index in [-0.39, 0.29) is 0 Å². The van der Waals surface area contributed by atoms with Gasteiger partial charge in [-0.05, 0) is 36.8 Å². The van der Waals surface area contributed by atoms with Crippen molar-refractivity contribution < 1.29 is 9.84 Å². The second kappa shape index (κ2) is 3.91. The molecule has 0 saturated heterocycles. The standard InChI is InChI=1S/C12H15O2/c1-14-10-6-7-11(12(13)8-10)9-4-2-3-5-9/h4,6-9,13H,2-3,5H2,1H3. The summed E-state index contributed by atoms with van der Waals surface area (Å²) in [5.74, 6) is 1.50. The van der Waals surface area contributed by atoms with Crippen molar-refractivity contribution in [2.75, 3.05) is 7.11 Å². The van der Waals surface area contributed by atoms with Crippen LogP contribution in [0.1, 0.15) is 30.7 Å². The van der Waals surface area contributed by atoms with Gasteiger partial charge in [0.05, 0.1) is 7.11 Å². The molecule has 75 valence electrons. The van der Waals surface area contributed by atoms with Gasteiger partial charge in [-0.3, -0.25) is 0 Å². The molecule has 2 nitrogen and oxygen atoms in total. The molecule has 1 aliphatic carbocycles. The summed E-state index contributed by atoms with van der Waals surface area (Å²) in [6.07, 6.45) is 5.83. The van der Waals surface area contributed by atoms with Crippen molar-refractivity contribution >= 4 is 0 Å². The first-order valence-electron chi connectivity index (χ1n) is 5.01. The predicted molar refractivity (Wildman–Crippen MR) is 55.6 cm³/mol. The van der Waals surface area contributed by atoms with E-state index < -0.39 is 0 Å². The van der Waals surface area contributed by atoms with Gasteiger partial charge in [-0.25, -0.2) is 0 Å². The Balaban J connectivity index is 2.25. The van der Waals surface area contributed by atoms with Crippen LogP contribution in [-0.4, -0.2) is 12.2 Å². The van der Waals surface area contributed by atoms with Gasteiger partial charge in [0.2, 0.25) is 0 Å². The summed E-state index contributed by atoms with van der Waals surface area (Å²) >= 11 is 0. The molecule has 1 fully saturated rings. The highest BCUT2D eigenvalue weighted by Gasteiger charge is 2.20. The first-order chi connectivity index (χ1) is 6.81. The molecule has 0 aromatic heterocycles. The number of hydrogen-bond acceptors (Lipinski definition) is 2. The first kappa shape index (κ1) is 9.38. The summed E-state index contributed by atoms with van der Waals surface area (Å²) < 4.78 is 5.04. The molecule has 0 heterocycles.